The lowest BCUT2D eigenvalue weighted by atomic mass is 10.1. The summed E-state index contributed by atoms with van der Waals surface area (Å²) in [5.74, 6) is -0.274. The van der Waals surface area contributed by atoms with Gasteiger partial charge < -0.3 is 10.5 Å². The molecule has 14 heavy (non-hydrogen) atoms. The number of nitrogens with zero attached hydrogens (tertiary/aromatic N) is 2. The van der Waals surface area contributed by atoms with Crippen molar-refractivity contribution in [3.8, 4) is 0 Å². The van der Waals surface area contributed by atoms with Gasteiger partial charge in [-0.2, -0.15) is 5.10 Å². The summed E-state index contributed by atoms with van der Waals surface area (Å²) in [4.78, 5) is 11.1. The first-order valence-corrected chi connectivity index (χ1v) is 4.53. The third kappa shape index (κ3) is 2.85. The number of hydrogen-bond donors (Lipinski definition) is 1. The van der Waals surface area contributed by atoms with Crippen LogP contribution in [0.2, 0.25) is 0 Å². The van der Waals surface area contributed by atoms with Crippen LogP contribution in [-0.4, -0.2) is 22.4 Å². The highest BCUT2D eigenvalue weighted by Gasteiger charge is 2.13. The number of esters is 1. The molecule has 0 aromatic carbocycles. The number of ether oxygens (including phenoxy) is 1. The number of hydrogen-bond acceptors (Lipinski definition) is 4. The summed E-state index contributed by atoms with van der Waals surface area (Å²) in [5.41, 5.74) is 6.63. The van der Waals surface area contributed by atoms with E-state index in [0.717, 1.165) is 5.56 Å². The van der Waals surface area contributed by atoms with Crippen LogP contribution in [0.3, 0.4) is 0 Å². The standard InChI is InChI=1S/C9H15N3O2/c1-3-14-9(13)4-8(10)7-5-11-12(2)6-7/h5-6,8H,3-4,10H2,1-2H3/t8-/m0/s1. The van der Waals surface area contributed by atoms with E-state index in [1.165, 1.54) is 0 Å². The smallest absolute Gasteiger partial charge is 0.307 e. The van der Waals surface area contributed by atoms with Gasteiger partial charge in [0.25, 0.3) is 0 Å². The molecule has 0 aliphatic rings. The van der Waals surface area contributed by atoms with Gasteiger partial charge in [0, 0.05) is 24.8 Å². The molecule has 0 fully saturated rings. The first-order valence-electron chi connectivity index (χ1n) is 4.53. The van der Waals surface area contributed by atoms with Gasteiger partial charge in [0.15, 0.2) is 0 Å². The molecule has 5 nitrogen and oxygen atoms in total. The topological polar surface area (TPSA) is 70.1 Å². The van der Waals surface area contributed by atoms with Gasteiger partial charge in [0.2, 0.25) is 0 Å². The number of nitrogens with two attached hydrogens (primary N) is 1. The Hall–Kier alpha value is -1.36. The molecule has 0 radical (unpaired) electrons. The van der Waals surface area contributed by atoms with Crippen LogP contribution in [0.1, 0.15) is 24.9 Å². The maximum atomic E-state index is 11.1. The van der Waals surface area contributed by atoms with Crippen LogP contribution in [0, 0.1) is 0 Å². The molecule has 0 amide bonds. The third-order valence-electron chi connectivity index (χ3n) is 1.84. The lowest BCUT2D eigenvalue weighted by Gasteiger charge is -2.07. The fraction of sp³-hybridized carbons (Fsp3) is 0.556. The molecule has 78 valence electrons. The number of carbonyl (C=O) groups is 1. The summed E-state index contributed by atoms with van der Waals surface area (Å²) in [5, 5.41) is 3.98. The lowest BCUT2D eigenvalue weighted by molar-refractivity contribution is -0.143. The van der Waals surface area contributed by atoms with Crippen molar-refractivity contribution >= 4 is 5.97 Å². The Labute approximate surface area is 82.8 Å². The van der Waals surface area contributed by atoms with Gasteiger partial charge in [-0.15, -0.1) is 0 Å². The Morgan fingerprint density at radius 2 is 2.50 bits per heavy atom. The van der Waals surface area contributed by atoms with Gasteiger partial charge in [-0.05, 0) is 6.92 Å². The van der Waals surface area contributed by atoms with Gasteiger partial charge in [-0.3, -0.25) is 9.48 Å². The molecule has 0 aliphatic carbocycles. The third-order valence-corrected chi connectivity index (χ3v) is 1.84. The molecule has 1 heterocycles. The molecule has 1 aromatic rings. The van der Waals surface area contributed by atoms with Crippen molar-refractivity contribution in [2.24, 2.45) is 12.8 Å². The molecule has 1 atom stereocenters. The van der Waals surface area contributed by atoms with Gasteiger partial charge >= 0.3 is 5.97 Å². The molecule has 1 aromatic heterocycles. The van der Waals surface area contributed by atoms with Crippen LogP contribution in [0.25, 0.3) is 0 Å². The summed E-state index contributed by atoms with van der Waals surface area (Å²) in [6.07, 6.45) is 3.65. The van der Waals surface area contributed by atoms with E-state index in [-0.39, 0.29) is 18.4 Å². The van der Waals surface area contributed by atoms with Crippen LogP contribution in [0.4, 0.5) is 0 Å². The van der Waals surface area contributed by atoms with E-state index in [2.05, 4.69) is 5.10 Å². The molecule has 0 spiro atoms. The van der Waals surface area contributed by atoms with Crippen LogP contribution in [0.5, 0.6) is 0 Å². The summed E-state index contributed by atoms with van der Waals surface area (Å²) >= 11 is 0. The van der Waals surface area contributed by atoms with Gasteiger partial charge in [-0.25, -0.2) is 0 Å². The van der Waals surface area contributed by atoms with E-state index in [4.69, 9.17) is 10.5 Å². The Morgan fingerprint density at radius 3 is 3.00 bits per heavy atom. The Kier molecular flexibility index (Phi) is 3.64. The predicted octanol–water partition coefficient (Wildman–Crippen LogP) is 0.373. The molecule has 0 unspecified atom stereocenters. The summed E-state index contributed by atoms with van der Waals surface area (Å²) in [6.45, 7) is 2.16. The number of rotatable bonds is 4. The van der Waals surface area contributed by atoms with E-state index in [1.807, 2.05) is 0 Å². The zero-order valence-corrected chi connectivity index (χ0v) is 8.43. The van der Waals surface area contributed by atoms with E-state index < -0.39 is 0 Å². The van der Waals surface area contributed by atoms with Crippen molar-refractivity contribution in [2.75, 3.05) is 6.61 Å². The molecule has 5 heteroatoms. The SMILES string of the molecule is CCOC(=O)C[C@H](N)c1cnn(C)c1. The van der Waals surface area contributed by atoms with Crippen LogP contribution >= 0.6 is 0 Å². The fourth-order valence-corrected chi connectivity index (χ4v) is 1.15. The van der Waals surface area contributed by atoms with Crippen molar-refractivity contribution in [3.63, 3.8) is 0 Å². The van der Waals surface area contributed by atoms with Crippen molar-refractivity contribution in [3.05, 3.63) is 18.0 Å². The van der Waals surface area contributed by atoms with E-state index in [9.17, 15) is 4.79 Å². The Balaban J connectivity index is 2.50. The molecule has 0 saturated carbocycles. The highest BCUT2D eigenvalue weighted by atomic mass is 16.5. The molecular weight excluding hydrogens is 182 g/mol. The molecule has 0 bridgehead atoms. The van der Waals surface area contributed by atoms with E-state index >= 15 is 0 Å². The van der Waals surface area contributed by atoms with Crippen molar-refractivity contribution in [1.82, 2.24) is 9.78 Å². The van der Waals surface area contributed by atoms with E-state index in [1.54, 1.807) is 31.0 Å². The maximum absolute atomic E-state index is 11.1. The minimum Gasteiger partial charge on any atom is -0.466 e. The molecular formula is C9H15N3O2. The average Bonchev–Trinajstić information content (AvgIpc) is 2.52. The highest BCUT2D eigenvalue weighted by molar-refractivity contribution is 5.70. The second-order valence-electron chi connectivity index (χ2n) is 3.06. The number of carbonyl (C=O) groups excluding carboxylic acids is 1. The second kappa shape index (κ2) is 4.76. The predicted molar refractivity (Wildman–Crippen MR) is 51.4 cm³/mol. The lowest BCUT2D eigenvalue weighted by Crippen LogP contribution is -2.16. The first-order chi connectivity index (χ1) is 6.63. The molecule has 1 rings (SSSR count). The van der Waals surface area contributed by atoms with Gasteiger partial charge in [0.1, 0.15) is 0 Å². The van der Waals surface area contributed by atoms with Crippen molar-refractivity contribution in [2.45, 2.75) is 19.4 Å². The molecule has 0 aliphatic heterocycles. The van der Waals surface area contributed by atoms with Crippen LogP contribution in [0.15, 0.2) is 12.4 Å². The summed E-state index contributed by atoms with van der Waals surface area (Å²) in [6, 6.07) is -0.331. The zero-order valence-electron chi connectivity index (χ0n) is 8.43. The van der Waals surface area contributed by atoms with Crippen LogP contribution in [-0.2, 0) is 16.6 Å². The largest absolute Gasteiger partial charge is 0.466 e. The monoisotopic (exact) mass is 197 g/mol. The van der Waals surface area contributed by atoms with Crippen LogP contribution < -0.4 is 5.73 Å². The quantitative estimate of drug-likeness (QED) is 0.708. The maximum Gasteiger partial charge on any atom is 0.307 e. The van der Waals surface area contributed by atoms with E-state index in [0.29, 0.717) is 6.61 Å². The van der Waals surface area contributed by atoms with Gasteiger partial charge in [0.05, 0.1) is 19.2 Å². The minimum atomic E-state index is -0.331. The average molecular weight is 197 g/mol. The second-order valence-corrected chi connectivity index (χ2v) is 3.06. The normalized spacial score (nSPS) is 12.5. The van der Waals surface area contributed by atoms with Crippen molar-refractivity contribution in [1.29, 1.82) is 0 Å². The molecule has 0 saturated heterocycles. The fourth-order valence-electron chi connectivity index (χ4n) is 1.15. The zero-order chi connectivity index (χ0) is 10.6. The number of aromatic nitrogens is 2. The van der Waals surface area contributed by atoms with Gasteiger partial charge in [-0.1, -0.05) is 0 Å². The highest BCUT2D eigenvalue weighted by Crippen LogP contribution is 2.12. The molecule has 2 N–H and O–H groups in total. The number of aryl methyl sites for hydroxylation is 1. The summed E-state index contributed by atoms with van der Waals surface area (Å²) in [7, 11) is 1.81. The minimum absolute atomic E-state index is 0.194. The van der Waals surface area contributed by atoms with Crippen molar-refractivity contribution < 1.29 is 9.53 Å². The Morgan fingerprint density at radius 1 is 1.79 bits per heavy atom. The summed E-state index contributed by atoms with van der Waals surface area (Å²) < 4.78 is 6.45. The Bertz CT molecular complexity index is 309. The first kappa shape index (κ1) is 10.7.